The summed E-state index contributed by atoms with van der Waals surface area (Å²) in [5.74, 6) is 0. The Morgan fingerprint density at radius 2 is 1.86 bits per heavy atom. The van der Waals surface area contributed by atoms with E-state index in [1.165, 1.54) is 0 Å². The molecule has 2 heteroatoms. The van der Waals surface area contributed by atoms with E-state index in [9.17, 15) is 5.11 Å². The van der Waals surface area contributed by atoms with E-state index >= 15 is 0 Å². The molecule has 0 atom stereocenters. The van der Waals surface area contributed by atoms with Crippen molar-refractivity contribution in [1.29, 1.82) is 0 Å². The van der Waals surface area contributed by atoms with Crippen LogP contribution in [-0.2, 0) is 5.60 Å². The van der Waals surface area contributed by atoms with Crippen molar-refractivity contribution in [2.45, 2.75) is 19.4 Å². The highest BCUT2D eigenvalue weighted by molar-refractivity contribution is 5.82. The molecule has 0 unspecified atom stereocenters. The van der Waals surface area contributed by atoms with Crippen molar-refractivity contribution in [3.05, 3.63) is 42.1 Å². The summed E-state index contributed by atoms with van der Waals surface area (Å²) < 4.78 is 0. The summed E-state index contributed by atoms with van der Waals surface area (Å²) in [7, 11) is 0. The lowest BCUT2D eigenvalue weighted by molar-refractivity contribution is 0.0801. The molecule has 1 heterocycles. The highest BCUT2D eigenvalue weighted by Gasteiger charge is 2.18. The first-order chi connectivity index (χ1) is 6.59. The van der Waals surface area contributed by atoms with E-state index in [-0.39, 0.29) is 0 Å². The Balaban J connectivity index is 2.78. The highest BCUT2D eigenvalue weighted by atomic mass is 16.3. The van der Waals surface area contributed by atoms with Gasteiger partial charge in [0, 0.05) is 11.6 Å². The van der Waals surface area contributed by atoms with E-state index in [0.717, 1.165) is 16.5 Å². The zero-order chi connectivity index (χ0) is 10.2. The number of para-hydroxylation sites is 1. The quantitative estimate of drug-likeness (QED) is 0.744. The molecule has 0 spiro atoms. The van der Waals surface area contributed by atoms with Gasteiger partial charge in [0.2, 0.25) is 0 Å². The van der Waals surface area contributed by atoms with Gasteiger partial charge in [-0.2, -0.15) is 0 Å². The minimum absolute atomic E-state index is 0.817. The van der Waals surface area contributed by atoms with Crippen LogP contribution in [0.1, 0.15) is 19.4 Å². The van der Waals surface area contributed by atoms with Gasteiger partial charge in [0.15, 0.2) is 0 Å². The standard InChI is InChI=1S/C12H13NO/c1-12(2,14)10-7-8-13-11-6-4-3-5-9(10)11/h3-8,14H,1-2H3. The van der Waals surface area contributed by atoms with Gasteiger partial charge < -0.3 is 5.11 Å². The van der Waals surface area contributed by atoms with E-state index in [4.69, 9.17) is 0 Å². The number of hydrogen-bond donors (Lipinski definition) is 1. The van der Waals surface area contributed by atoms with Crippen LogP contribution in [-0.4, -0.2) is 10.1 Å². The van der Waals surface area contributed by atoms with Crippen LogP contribution < -0.4 is 0 Å². The maximum absolute atomic E-state index is 9.96. The molecule has 0 amide bonds. The lowest BCUT2D eigenvalue weighted by Crippen LogP contribution is -2.15. The number of pyridine rings is 1. The number of fused-ring (bicyclic) bond motifs is 1. The Labute approximate surface area is 83.2 Å². The van der Waals surface area contributed by atoms with E-state index < -0.39 is 5.60 Å². The van der Waals surface area contributed by atoms with E-state index in [2.05, 4.69) is 4.98 Å². The van der Waals surface area contributed by atoms with Crippen molar-refractivity contribution >= 4 is 10.9 Å². The molecule has 2 rings (SSSR count). The Morgan fingerprint density at radius 3 is 2.57 bits per heavy atom. The number of nitrogens with zero attached hydrogens (tertiary/aromatic N) is 1. The van der Waals surface area contributed by atoms with Crippen LogP contribution in [0.5, 0.6) is 0 Å². The Kier molecular flexibility index (Phi) is 2.01. The molecular formula is C12H13NO. The summed E-state index contributed by atoms with van der Waals surface area (Å²) in [4.78, 5) is 4.24. The van der Waals surface area contributed by atoms with Crippen LogP contribution in [0, 0.1) is 0 Å². The zero-order valence-corrected chi connectivity index (χ0v) is 8.36. The fraction of sp³-hybridized carbons (Fsp3) is 0.250. The average molecular weight is 187 g/mol. The summed E-state index contributed by atoms with van der Waals surface area (Å²) in [5, 5.41) is 11.0. The molecular weight excluding hydrogens is 174 g/mol. The average Bonchev–Trinajstić information content (AvgIpc) is 2.15. The van der Waals surface area contributed by atoms with Crippen molar-refractivity contribution in [2.75, 3.05) is 0 Å². The summed E-state index contributed by atoms with van der Waals surface area (Å²) in [6.45, 7) is 3.57. The van der Waals surface area contributed by atoms with Crippen LogP contribution in [0.2, 0.25) is 0 Å². The molecule has 1 N–H and O–H groups in total. The topological polar surface area (TPSA) is 33.1 Å². The lowest BCUT2D eigenvalue weighted by atomic mass is 9.95. The van der Waals surface area contributed by atoms with Gasteiger partial charge in [0.1, 0.15) is 0 Å². The second kappa shape index (κ2) is 3.07. The zero-order valence-electron chi connectivity index (χ0n) is 8.36. The first kappa shape index (κ1) is 9.16. The second-order valence-corrected chi connectivity index (χ2v) is 3.93. The fourth-order valence-electron chi connectivity index (χ4n) is 1.63. The normalized spacial score (nSPS) is 11.9. The number of benzene rings is 1. The van der Waals surface area contributed by atoms with Crippen LogP contribution in [0.3, 0.4) is 0 Å². The Morgan fingerprint density at radius 1 is 1.14 bits per heavy atom. The Bertz CT molecular complexity index is 452. The van der Waals surface area contributed by atoms with Crippen molar-refractivity contribution in [3.63, 3.8) is 0 Å². The van der Waals surface area contributed by atoms with Gasteiger partial charge in [-0.25, -0.2) is 0 Å². The van der Waals surface area contributed by atoms with Crippen LogP contribution in [0.25, 0.3) is 10.9 Å². The molecule has 1 aromatic heterocycles. The Hall–Kier alpha value is -1.41. The molecule has 0 aliphatic rings. The SMILES string of the molecule is CC(C)(O)c1ccnc2ccccc12. The van der Waals surface area contributed by atoms with E-state index in [1.54, 1.807) is 20.0 Å². The van der Waals surface area contributed by atoms with Gasteiger partial charge in [0.05, 0.1) is 11.1 Å². The van der Waals surface area contributed by atoms with Crippen LogP contribution in [0.15, 0.2) is 36.5 Å². The van der Waals surface area contributed by atoms with Gasteiger partial charge >= 0.3 is 0 Å². The third-order valence-corrected chi connectivity index (χ3v) is 2.31. The molecule has 0 saturated heterocycles. The predicted octanol–water partition coefficient (Wildman–Crippen LogP) is 2.46. The van der Waals surface area contributed by atoms with Crippen molar-refractivity contribution in [3.8, 4) is 0 Å². The summed E-state index contributed by atoms with van der Waals surface area (Å²) in [6, 6.07) is 9.70. The number of aliphatic hydroxyl groups is 1. The molecule has 1 aromatic carbocycles. The van der Waals surface area contributed by atoms with Gasteiger partial charge in [-0.15, -0.1) is 0 Å². The third-order valence-electron chi connectivity index (χ3n) is 2.31. The molecule has 2 aromatic rings. The maximum Gasteiger partial charge on any atom is 0.0847 e. The summed E-state index contributed by atoms with van der Waals surface area (Å²) in [6.07, 6.45) is 1.73. The molecule has 72 valence electrons. The lowest BCUT2D eigenvalue weighted by Gasteiger charge is -2.19. The first-order valence-electron chi connectivity index (χ1n) is 4.65. The number of aromatic nitrogens is 1. The van der Waals surface area contributed by atoms with E-state index in [1.807, 2.05) is 30.3 Å². The largest absolute Gasteiger partial charge is 0.386 e. The number of rotatable bonds is 1. The van der Waals surface area contributed by atoms with Crippen LogP contribution in [0.4, 0.5) is 0 Å². The highest BCUT2D eigenvalue weighted by Crippen LogP contribution is 2.26. The molecule has 14 heavy (non-hydrogen) atoms. The fourth-order valence-corrected chi connectivity index (χ4v) is 1.63. The predicted molar refractivity (Wildman–Crippen MR) is 57.0 cm³/mol. The van der Waals surface area contributed by atoms with E-state index in [0.29, 0.717) is 0 Å². The van der Waals surface area contributed by atoms with Crippen molar-refractivity contribution in [1.82, 2.24) is 4.98 Å². The molecule has 2 nitrogen and oxygen atoms in total. The number of hydrogen-bond acceptors (Lipinski definition) is 2. The summed E-state index contributed by atoms with van der Waals surface area (Å²) >= 11 is 0. The second-order valence-electron chi connectivity index (χ2n) is 3.93. The minimum atomic E-state index is -0.817. The monoisotopic (exact) mass is 187 g/mol. The van der Waals surface area contributed by atoms with Gasteiger partial charge in [-0.3, -0.25) is 4.98 Å². The maximum atomic E-state index is 9.96. The van der Waals surface area contributed by atoms with Gasteiger partial charge in [0.25, 0.3) is 0 Å². The molecule has 0 aliphatic carbocycles. The molecule has 0 aliphatic heterocycles. The van der Waals surface area contributed by atoms with Crippen molar-refractivity contribution in [2.24, 2.45) is 0 Å². The third kappa shape index (κ3) is 1.49. The molecule has 0 bridgehead atoms. The van der Waals surface area contributed by atoms with Crippen LogP contribution >= 0.6 is 0 Å². The first-order valence-corrected chi connectivity index (χ1v) is 4.65. The molecule has 0 fully saturated rings. The summed E-state index contributed by atoms with van der Waals surface area (Å²) in [5.41, 5.74) is 1.03. The minimum Gasteiger partial charge on any atom is -0.386 e. The van der Waals surface area contributed by atoms with Gasteiger partial charge in [-0.05, 0) is 31.5 Å². The van der Waals surface area contributed by atoms with Gasteiger partial charge in [-0.1, -0.05) is 18.2 Å². The smallest absolute Gasteiger partial charge is 0.0847 e. The molecule has 0 radical (unpaired) electrons. The molecule has 0 saturated carbocycles. The van der Waals surface area contributed by atoms with Crippen molar-refractivity contribution < 1.29 is 5.11 Å².